The standard InChI is InChI=1S/C12H18N2O4S2/c1-17-10-8-11(18-2)12(7-9(10)13)20(15,16)14-3-5-19-6-4-14/h7-8H,3-6,13H2,1-2H3. The van der Waals surface area contributed by atoms with Crippen molar-refractivity contribution in [3.63, 3.8) is 0 Å². The number of thioether (sulfide) groups is 1. The van der Waals surface area contributed by atoms with E-state index in [1.165, 1.54) is 30.7 Å². The number of benzene rings is 1. The molecule has 1 aromatic rings. The molecule has 0 aromatic heterocycles. The van der Waals surface area contributed by atoms with Crippen molar-refractivity contribution >= 4 is 27.5 Å². The number of methoxy groups -OCH3 is 2. The van der Waals surface area contributed by atoms with Crippen molar-refractivity contribution in [2.45, 2.75) is 4.90 Å². The van der Waals surface area contributed by atoms with Crippen LogP contribution in [0.2, 0.25) is 0 Å². The molecule has 2 N–H and O–H groups in total. The molecule has 1 aliphatic heterocycles. The Morgan fingerprint density at radius 3 is 2.30 bits per heavy atom. The van der Waals surface area contributed by atoms with Gasteiger partial charge in [-0.15, -0.1) is 0 Å². The van der Waals surface area contributed by atoms with Crippen LogP contribution < -0.4 is 15.2 Å². The van der Waals surface area contributed by atoms with Crippen molar-refractivity contribution in [3.05, 3.63) is 12.1 Å². The largest absolute Gasteiger partial charge is 0.495 e. The molecule has 0 spiro atoms. The maximum absolute atomic E-state index is 12.7. The highest BCUT2D eigenvalue weighted by molar-refractivity contribution is 7.99. The molecule has 0 bridgehead atoms. The van der Waals surface area contributed by atoms with Gasteiger partial charge in [0.25, 0.3) is 0 Å². The molecule has 112 valence electrons. The zero-order chi connectivity index (χ0) is 14.8. The van der Waals surface area contributed by atoms with Gasteiger partial charge < -0.3 is 15.2 Å². The maximum atomic E-state index is 12.7. The van der Waals surface area contributed by atoms with E-state index in [1.807, 2.05) is 0 Å². The summed E-state index contributed by atoms with van der Waals surface area (Å²) in [7, 11) is -0.693. The van der Waals surface area contributed by atoms with Crippen molar-refractivity contribution in [1.29, 1.82) is 0 Å². The SMILES string of the molecule is COc1cc(OC)c(S(=O)(=O)N2CCSCC2)cc1N. The maximum Gasteiger partial charge on any atom is 0.246 e. The smallest absolute Gasteiger partial charge is 0.246 e. The molecular weight excluding hydrogens is 300 g/mol. The highest BCUT2D eigenvalue weighted by Crippen LogP contribution is 2.35. The highest BCUT2D eigenvalue weighted by atomic mass is 32.2. The Balaban J connectivity index is 2.47. The van der Waals surface area contributed by atoms with E-state index >= 15 is 0 Å². The Morgan fingerprint density at radius 2 is 1.75 bits per heavy atom. The number of hydrogen-bond donors (Lipinski definition) is 1. The molecule has 20 heavy (non-hydrogen) atoms. The van der Waals surface area contributed by atoms with Crippen LogP contribution in [0.25, 0.3) is 0 Å². The number of nitrogen functional groups attached to an aromatic ring is 1. The lowest BCUT2D eigenvalue weighted by Crippen LogP contribution is -2.38. The summed E-state index contributed by atoms with van der Waals surface area (Å²) in [6.07, 6.45) is 0. The Hall–Kier alpha value is -1.12. The molecule has 0 aliphatic carbocycles. The number of anilines is 1. The van der Waals surface area contributed by atoms with Crippen LogP contribution in [-0.2, 0) is 10.0 Å². The fraction of sp³-hybridized carbons (Fsp3) is 0.500. The summed E-state index contributed by atoms with van der Waals surface area (Å²) in [6.45, 7) is 1.00. The van der Waals surface area contributed by atoms with E-state index in [2.05, 4.69) is 0 Å². The van der Waals surface area contributed by atoms with Crippen LogP contribution in [0.15, 0.2) is 17.0 Å². The quantitative estimate of drug-likeness (QED) is 0.835. The number of nitrogens with two attached hydrogens (primary N) is 1. The minimum atomic E-state index is -3.59. The van der Waals surface area contributed by atoms with Gasteiger partial charge >= 0.3 is 0 Å². The lowest BCUT2D eigenvalue weighted by atomic mass is 10.3. The zero-order valence-electron chi connectivity index (χ0n) is 11.5. The molecule has 6 nitrogen and oxygen atoms in total. The third-order valence-corrected chi connectivity index (χ3v) is 5.97. The molecular formula is C12H18N2O4S2. The monoisotopic (exact) mass is 318 g/mol. The minimum Gasteiger partial charge on any atom is -0.495 e. The molecule has 2 rings (SSSR count). The van der Waals surface area contributed by atoms with Gasteiger partial charge in [0, 0.05) is 30.7 Å². The van der Waals surface area contributed by atoms with Gasteiger partial charge in [0.05, 0.1) is 19.9 Å². The van der Waals surface area contributed by atoms with Crippen molar-refractivity contribution in [1.82, 2.24) is 4.31 Å². The summed E-state index contributed by atoms with van der Waals surface area (Å²) in [5.41, 5.74) is 6.09. The van der Waals surface area contributed by atoms with Gasteiger partial charge in [0.1, 0.15) is 16.4 Å². The molecule has 0 saturated carbocycles. The first-order chi connectivity index (χ1) is 9.50. The predicted octanol–water partition coefficient (Wildman–Crippen LogP) is 1.02. The van der Waals surface area contributed by atoms with Gasteiger partial charge in [-0.1, -0.05) is 0 Å². The Bertz CT molecular complexity index is 583. The lowest BCUT2D eigenvalue weighted by Gasteiger charge is -2.26. The molecule has 0 atom stereocenters. The number of rotatable bonds is 4. The summed E-state index contributed by atoms with van der Waals surface area (Å²) in [5.74, 6) is 2.24. The zero-order valence-corrected chi connectivity index (χ0v) is 13.1. The molecule has 1 fully saturated rings. The highest BCUT2D eigenvalue weighted by Gasteiger charge is 2.30. The first-order valence-electron chi connectivity index (χ1n) is 6.10. The molecule has 1 aliphatic rings. The van der Waals surface area contributed by atoms with Crippen molar-refractivity contribution in [3.8, 4) is 11.5 Å². The predicted molar refractivity (Wildman–Crippen MR) is 80.0 cm³/mol. The van der Waals surface area contributed by atoms with Crippen molar-refractivity contribution in [2.75, 3.05) is 44.5 Å². The minimum absolute atomic E-state index is 0.0881. The third-order valence-electron chi connectivity index (χ3n) is 3.10. The molecule has 1 saturated heterocycles. The number of sulfonamides is 1. The molecule has 0 amide bonds. The Morgan fingerprint density at radius 1 is 1.15 bits per heavy atom. The van der Waals surface area contributed by atoms with Crippen LogP contribution in [0.1, 0.15) is 0 Å². The Labute approximate surface area is 123 Å². The van der Waals surface area contributed by atoms with Crippen LogP contribution in [0.3, 0.4) is 0 Å². The molecule has 1 heterocycles. The summed E-state index contributed by atoms with van der Waals surface area (Å²) in [4.78, 5) is 0.0881. The van der Waals surface area contributed by atoms with Crippen LogP contribution in [0.5, 0.6) is 11.5 Å². The average Bonchev–Trinajstić information content (AvgIpc) is 2.47. The van der Waals surface area contributed by atoms with E-state index < -0.39 is 10.0 Å². The van der Waals surface area contributed by atoms with Gasteiger partial charge in [-0.3, -0.25) is 0 Å². The fourth-order valence-corrected chi connectivity index (χ4v) is 4.77. The van der Waals surface area contributed by atoms with Crippen molar-refractivity contribution in [2.24, 2.45) is 0 Å². The first-order valence-corrected chi connectivity index (χ1v) is 8.69. The Kier molecular flexibility index (Phi) is 4.66. The average molecular weight is 318 g/mol. The van der Waals surface area contributed by atoms with E-state index in [4.69, 9.17) is 15.2 Å². The molecule has 1 aromatic carbocycles. The summed E-state index contributed by atoms with van der Waals surface area (Å²) in [6, 6.07) is 2.90. The normalized spacial score (nSPS) is 16.9. The van der Waals surface area contributed by atoms with Gasteiger partial charge in [-0.05, 0) is 6.07 Å². The summed E-state index contributed by atoms with van der Waals surface area (Å²) < 4.78 is 37.0. The number of ether oxygens (including phenoxy) is 2. The van der Waals surface area contributed by atoms with Gasteiger partial charge in [-0.25, -0.2) is 8.42 Å². The first kappa shape index (κ1) is 15.3. The van der Waals surface area contributed by atoms with E-state index in [1.54, 1.807) is 11.8 Å². The number of hydrogen-bond acceptors (Lipinski definition) is 6. The fourth-order valence-electron chi connectivity index (χ4n) is 2.02. The second kappa shape index (κ2) is 6.11. The van der Waals surface area contributed by atoms with Crippen LogP contribution in [0.4, 0.5) is 5.69 Å². The topological polar surface area (TPSA) is 81.9 Å². The van der Waals surface area contributed by atoms with E-state index in [0.717, 1.165) is 11.5 Å². The van der Waals surface area contributed by atoms with E-state index in [-0.39, 0.29) is 16.3 Å². The van der Waals surface area contributed by atoms with E-state index in [9.17, 15) is 8.42 Å². The molecule has 0 radical (unpaired) electrons. The third kappa shape index (κ3) is 2.82. The van der Waals surface area contributed by atoms with Crippen LogP contribution >= 0.6 is 11.8 Å². The second-order valence-electron chi connectivity index (χ2n) is 4.26. The second-order valence-corrected chi connectivity index (χ2v) is 7.39. The van der Waals surface area contributed by atoms with Crippen LogP contribution in [-0.4, -0.2) is 51.5 Å². The van der Waals surface area contributed by atoms with Crippen molar-refractivity contribution < 1.29 is 17.9 Å². The van der Waals surface area contributed by atoms with Crippen LogP contribution in [0, 0.1) is 0 Å². The van der Waals surface area contributed by atoms with Gasteiger partial charge in [-0.2, -0.15) is 16.1 Å². The van der Waals surface area contributed by atoms with Gasteiger partial charge in [0.2, 0.25) is 10.0 Å². The summed E-state index contributed by atoms with van der Waals surface area (Å²) in [5, 5.41) is 0. The molecule has 0 unspecified atom stereocenters. The number of nitrogens with zero attached hydrogens (tertiary/aromatic N) is 1. The summed E-state index contributed by atoms with van der Waals surface area (Å²) >= 11 is 1.75. The molecule has 8 heteroatoms. The van der Waals surface area contributed by atoms with E-state index in [0.29, 0.717) is 18.8 Å². The lowest BCUT2D eigenvalue weighted by molar-refractivity contribution is 0.383. The van der Waals surface area contributed by atoms with Gasteiger partial charge in [0.15, 0.2) is 0 Å².